The van der Waals surface area contributed by atoms with Crippen molar-refractivity contribution in [1.82, 2.24) is 14.7 Å². The lowest BCUT2D eigenvalue weighted by Crippen LogP contribution is -2.41. The van der Waals surface area contributed by atoms with Gasteiger partial charge < -0.3 is 4.90 Å². The van der Waals surface area contributed by atoms with Gasteiger partial charge in [-0.3, -0.25) is 9.59 Å². The molecule has 2 heterocycles. The van der Waals surface area contributed by atoms with E-state index in [-0.39, 0.29) is 30.0 Å². The van der Waals surface area contributed by atoms with E-state index in [1.54, 1.807) is 37.4 Å². The second-order valence-electron chi connectivity index (χ2n) is 6.28. The summed E-state index contributed by atoms with van der Waals surface area (Å²) in [6, 6.07) is 9.56. The second kappa shape index (κ2) is 7.20. The third-order valence-electron chi connectivity index (χ3n) is 4.44. The number of halogens is 1. The van der Waals surface area contributed by atoms with Crippen LogP contribution in [0.25, 0.3) is 11.3 Å². The molecule has 0 aliphatic carbocycles. The molecule has 1 aliphatic rings. The number of rotatable bonds is 4. The third kappa shape index (κ3) is 4.13. The van der Waals surface area contributed by atoms with Crippen LogP contribution in [0.3, 0.4) is 0 Å². The zero-order valence-electron chi connectivity index (χ0n) is 14.1. The molecule has 0 unspecified atom stereocenters. The lowest BCUT2D eigenvalue weighted by atomic mass is 10.1. The van der Waals surface area contributed by atoms with Crippen molar-refractivity contribution >= 4 is 27.3 Å². The van der Waals surface area contributed by atoms with Gasteiger partial charge in [0.1, 0.15) is 6.54 Å². The molecule has 26 heavy (non-hydrogen) atoms. The summed E-state index contributed by atoms with van der Waals surface area (Å²) in [6.07, 6.45) is 0.414. The van der Waals surface area contributed by atoms with Crippen LogP contribution in [0.4, 0.5) is 0 Å². The Morgan fingerprint density at radius 2 is 1.96 bits per heavy atom. The minimum Gasteiger partial charge on any atom is -0.340 e. The fraction of sp³-hybridized carbons (Fsp3) is 0.353. The number of hydrogen-bond acceptors (Lipinski definition) is 5. The van der Waals surface area contributed by atoms with Crippen LogP contribution in [0.1, 0.15) is 6.42 Å². The molecule has 2 aromatic rings. The maximum atomic E-state index is 12.5. The second-order valence-corrected chi connectivity index (χ2v) is 8.95. The lowest BCUT2D eigenvalue weighted by molar-refractivity contribution is -0.132. The van der Waals surface area contributed by atoms with E-state index in [0.29, 0.717) is 17.1 Å². The highest BCUT2D eigenvalue weighted by atomic mass is 35.5. The van der Waals surface area contributed by atoms with Gasteiger partial charge in [0.05, 0.1) is 17.2 Å². The van der Waals surface area contributed by atoms with Crippen LogP contribution >= 0.6 is 11.6 Å². The van der Waals surface area contributed by atoms with Crippen molar-refractivity contribution in [3.8, 4) is 11.3 Å². The van der Waals surface area contributed by atoms with E-state index in [1.165, 1.54) is 11.0 Å². The number of sulfone groups is 1. The van der Waals surface area contributed by atoms with Crippen LogP contribution in [0.2, 0.25) is 5.02 Å². The summed E-state index contributed by atoms with van der Waals surface area (Å²) in [4.78, 5) is 25.9. The summed E-state index contributed by atoms with van der Waals surface area (Å²) in [7, 11) is -1.53. The summed E-state index contributed by atoms with van der Waals surface area (Å²) in [5.41, 5.74) is 0.912. The summed E-state index contributed by atoms with van der Waals surface area (Å²) < 4.78 is 24.3. The van der Waals surface area contributed by atoms with Crippen LogP contribution in [-0.4, -0.2) is 53.6 Å². The number of amides is 1. The Bertz CT molecular complexity index is 986. The normalized spacial score (nSPS) is 18.6. The van der Waals surface area contributed by atoms with E-state index in [0.717, 1.165) is 10.2 Å². The average Bonchev–Trinajstić information content (AvgIpc) is 2.97. The first-order valence-corrected chi connectivity index (χ1v) is 10.3. The molecule has 1 aromatic carbocycles. The summed E-state index contributed by atoms with van der Waals surface area (Å²) in [5, 5.41) is 4.83. The minimum absolute atomic E-state index is 0.0393. The molecule has 1 saturated heterocycles. The Kier molecular flexibility index (Phi) is 5.15. The standard InChI is InChI=1S/C17H18ClN3O4S/c1-20(14-8-9-26(24,25)11-14)17(23)10-21-16(22)7-6-15(19-21)12-2-4-13(18)5-3-12/h2-7,14H,8-11H2,1H3/t14-/m1/s1. The largest absolute Gasteiger partial charge is 0.340 e. The van der Waals surface area contributed by atoms with Gasteiger partial charge in [0.25, 0.3) is 5.56 Å². The average molecular weight is 396 g/mol. The zero-order valence-corrected chi connectivity index (χ0v) is 15.7. The monoisotopic (exact) mass is 395 g/mol. The Hall–Kier alpha value is -2.19. The van der Waals surface area contributed by atoms with Crippen molar-refractivity contribution in [3.05, 3.63) is 51.8 Å². The number of benzene rings is 1. The molecule has 0 bridgehead atoms. The van der Waals surface area contributed by atoms with Gasteiger partial charge in [0.2, 0.25) is 5.91 Å². The molecule has 1 aromatic heterocycles. The summed E-state index contributed by atoms with van der Waals surface area (Å²) in [5.74, 6) is -0.308. The molecule has 1 aliphatic heterocycles. The molecular weight excluding hydrogens is 378 g/mol. The number of hydrogen-bond donors (Lipinski definition) is 0. The number of carbonyl (C=O) groups is 1. The van der Waals surface area contributed by atoms with Gasteiger partial charge in [-0.1, -0.05) is 23.7 Å². The SMILES string of the molecule is CN(C(=O)Cn1nc(-c2ccc(Cl)cc2)ccc1=O)[C@@H]1CCS(=O)(=O)C1. The summed E-state index contributed by atoms with van der Waals surface area (Å²) >= 11 is 5.87. The third-order valence-corrected chi connectivity index (χ3v) is 6.44. The Balaban J connectivity index is 1.79. The molecular formula is C17H18ClN3O4S. The fourth-order valence-corrected chi connectivity index (χ4v) is 4.76. The van der Waals surface area contributed by atoms with Gasteiger partial charge in [0.15, 0.2) is 9.84 Å². The molecule has 7 nitrogen and oxygen atoms in total. The zero-order chi connectivity index (χ0) is 18.9. The van der Waals surface area contributed by atoms with Gasteiger partial charge >= 0.3 is 0 Å². The van der Waals surface area contributed by atoms with Crippen LogP contribution < -0.4 is 5.56 Å². The van der Waals surface area contributed by atoms with Crippen molar-refractivity contribution in [2.75, 3.05) is 18.6 Å². The number of likely N-dealkylation sites (N-methyl/N-ethyl adjacent to an activating group) is 1. The lowest BCUT2D eigenvalue weighted by Gasteiger charge is -2.23. The van der Waals surface area contributed by atoms with Crippen molar-refractivity contribution in [1.29, 1.82) is 0 Å². The maximum absolute atomic E-state index is 12.5. The fourth-order valence-electron chi connectivity index (χ4n) is 2.86. The molecule has 138 valence electrons. The van der Waals surface area contributed by atoms with Crippen molar-refractivity contribution < 1.29 is 13.2 Å². The molecule has 1 fully saturated rings. The van der Waals surface area contributed by atoms with Gasteiger partial charge in [-0.25, -0.2) is 13.1 Å². The molecule has 0 radical (unpaired) electrons. The van der Waals surface area contributed by atoms with Crippen molar-refractivity contribution in [2.24, 2.45) is 0 Å². The van der Waals surface area contributed by atoms with Crippen molar-refractivity contribution in [2.45, 2.75) is 19.0 Å². The van der Waals surface area contributed by atoms with E-state index < -0.39 is 15.4 Å². The molecule has 9 heteroatoms. The number of aromatic nitrogens is 2. The highest BCUT2D eigenvalue weighted by molar-refractivity contribution is 7.91. The van der Waals surface area contributed by atoms with Crippen molar-refractivity contribution in [3.63, 3.8) is 0 Å². The van der Waals surface area contributed by atoms with Crippen LogP contribution in [0.15, 0.2) is 41.2 Å². The molecule has 3 rings (SSSR count). The first-order valence-electron chi connectivity index (χ1n) is 8.05. The molecule has 0 spiro atoms. The van der Waals surface area contributed by atoms with E-state index in [9.17, 15) is 18.0 Å². The van der Waals surface area contributed by atoms with E-state index in [2.05, 4.69) is 5.10 Å². The Labute approximate surface area is 156 Å². The highest BCUT2D eigenvalue weighted by Crippen LogP contribution is 2.19. The van der Waals surface area contributed by atoms with Gasteiger partial charge in [-0.05, 0) is 24.6 Å². The van der Waals surface area contributed by atoms with E-state index >= 15 is 0 Å². The van der Waals surface area contributed by atoms with Gasteiger partial charge in [0, 0.05) is 29.7 Å². The molecule has 0 N–H and O–H groups in total. The molecule has 1 atom stereocenters. The molecule has 0 saturated carbocycles. The predicted octanol–water partition coefficient (Wildman–Crippen LogP) is 1.21. The first-order chi connectivity index (χ1) is 12.2. The topological polar surface area (TPSA) is 89.3 Å². The first kappa shape index (κ1) is 18.6. The smallest absolute Gasteiger partial charge is 0.267 e. The Morgan fingerprint density at radius 3 is 2.58 bits per heavy atom. The highest BCUT2D eigenvalue weighted by Gasteiger charge is 2.32. The van der Waals surface area contributed by atoms with Gasteiger partial charge in [-0.15, -0.1) is 0 Å². The van der Waals surface area contributed by atoms with E-state index in [4.69, 9.17) is 11.6 Å². The predicted molar refractivity (Wildman–Crippen MR) is 98.8 cm³/mol. The van der Waals surface area contributed by atoms with E-state index in [1.807, 2.05) is 0 Å². The quantitative estimate of drug-likeness (QED) is 0.776. The minimum atomic E-state index is -3.09. The maximum Gasteiger partial charge on any atom is 0.267 e. The Morgan fingerprint density at radius 1 is 1.27 bits per heavy atom. The summed E-state index contributed by atoms with van der Waals surface area (Å²) in [6.45, 7) is -0.243. The molecule has 1 amide bonds. The van der Waals surface area contributed by atoms with Crippen LogP contribution in [0.5, 0.6) is 0 Å². The number of carbonyl (C=O) groups excluding carboxylic acids is 1. The number of nitrogens with zero attached hydrogens (tertiary/aromatic N) is 3. The van der Waals surface area contributed by atoms with Gasteiger partial charge in [-0.2, -0.15) is 5.10 Å². The van der Waals surface area contributed by atoms with Crippen LogP contribution in [0, 0.1) is 0 Å². The van der Waals surface area contributed by atoms with Crippen LogP contribution in [-0.2, 0) is 21.2 Å².